The number of nitrogens with zero attached hydrogens (tertiary/aromatic N) is 2. The molecule has 1 fully saturated rings. The summed E-state index contributed by atoms with van der Waals surface area (Å²) in [6, 6.07) is 18.4. The molecule has 218 valence electrons. The average molecular weight is 596 g/mol. The Morgan fingerprint density at radius 1 is 0.927 bits per heavy atom. The van der Waals surface area contributed by atoms with Crippen LogP contribution in [0.2, 0.25) is 5.02 Å². The Balaban J connectivity index is 1.70. The minimum atomic E-state index is -4.14. The van der Waals surface area contributed by atoms with E-state index < -0.39 is 28.5 Å². The standard InChI is InChI=1S/C32H38ClN3O4S/c1-22-9-13-26(14-10-22)20-35(25(4)32(38)34-28-7-5-6-8-28)31(37)21-36(30-18-15-27(33)19-24(30)3)41(39,40)29-16-11-23(2)12-17-29/h9-19,25,28H,5-8,20-21H2,1-4H3,(H,34,38). The van der Waals surface area contributed by atoms with E-state index in [9.17, 15) is 18.0 Å². The van der Waals surface area contributed by atoms with E-state index in [1.165, 1.54) is 17.0 Å². The van der Waals surface area contributed by atoms with Crippen molar-refractivity contribution in [3.63, 3.8) is 0 Å². The van der Waals surface area contributed by atoms with E-state index in [0.717, 1.165) is 46.7 Å². The van der Waals surface area contributed by atoms with Gasteiger partial charge in [0.1, 0.15) is 12.6 Å². The number of carbonyl (C=O) groups is 2. The van der Waals surface area contributed by atoms with Gasteiger partial charge < -0.3 is 10.2 Å². The van der Waals surface area contributed by atoms with Crippen molar-refractivity contribution in [1.29, 1.82) is 0 Å². The number of amides is 2. The highest BCUT2D eigenvalue weighted by molar-refractivity contribution is 7.92. The van der Waals surface area contributed by atoms with Crippen LogP contribution in [0.3, 0.4) is 0 Å². The molecule has 1 aliphatic carbocycles. The number of sulfonamides is 1. The lowest BCUT2D eigenvalue weighted by atomic mass is 10.1. The summed E-state index contributed by atoms with van der Waals surface area (Å²) in [4.78, 5) is 29.0. The fourth-order valence-corrected chi connectivity index (χ4v) is 6.82. The quantitative estimate of drug-likeness (QED) is 0.314. The number of carbonyl (C=O) groups excluding carboxylic acids is 2. The second-order valence-electron chi connectivity index (χ2n) is 10.9. The largest absolute Gasteiger partial charge is 0.352 e. The number of aryl methyl sites for hydroxylation is 3. The average Bonchev–Trinajstić information content (AvgIpc) is 3.44. The van der Waals surface area contributed by atoms with Crippen LogP contribution in [0, 0.1) is 20.8 Å². The Morgan fingerprint density at radius 2 is 1.51 bits per heavy atom. The first-order chi connectivity index (χ1) is 19.5. The highest BCUT2D eigenvalue weighted by Crippen LogP contribution is 2.29. The van der Waals surface area contributed by atoms with Gasteiger partial charge in [0, 0.05) is 17.6 Å². The summed E-state index contributed by atoms with van der Waals surface area (Å²) in [5, 5.41) is 3.55. The third-order valence-electron chi connectivity index (χ3n) is 7.66. The van der Waals surface area contributed by atoms with Crippen LogP contribution in [-0.4, -0.2) is 43.8 Å². The lowest BCUT2D eigenvalue weighted by Crippen LogP contribution is -2.52. The monoisotopic (exact) mass is 595 g/mol. The Morgan fingerprint density at radius 3 is 2.10 bits per heavy atom. The molecule has 1 unspecified atom stereocenters. The first-order valence-corrected chi connectivity index (χ1v) is 15.8. The minimum absolute atomic E-state index is 0.0716. The van der Waals surface area contributed by atoms with Gasteiger partial charge in [-0.15, -0.1) is 0 Å². The molecule has 9 heteroatoms. The molecule has 0 aromatic heterocycles. The second kappa shape index (κ2) is 13.1. The molecular formula is C32H38ClN3O4S. The van der Waals surface area contributed by atoms with Gasteiger partial charge in [-0.3, -0.25) is 13.9 Å². The van der Waals surface area contributed by atoms with Gasteiger partial charge in [0.2, 0.25) is 11.8 Å². The predicted octanol–water partition coefficient (Wildman–Crippen LogP) is 5.94. The molecule has 0 aliphatic heterocycles. The summed E-state index contributed by atoms with van der Waals surface area (Å²) >= 11 is 6.19. The number of benzene rings is 3. The van der Waals surface area contributed by atoms with Gasteiger partial charge in [0.25, 0.3) is 10.0 Å². The molecule has 0 saturated heterocycles. The van der Waals surface area contributed by atoms with Crippen molar-refractivity contribution in [3.8, 4) is 0 Å². The van der Waals surface area contributed by atoms with E-state index in [4.69, 9.17) is 11.6 Å². The SMILES string of the molecule is Cc1ccc(CN(C(=O)CN(c2ccc(Cl)cc2C)S(=O)(=O)c2ccc(C)cc2)C(C)C(=O)NC2CCCC2)cc1. The van der Waals surface area contributed by atoms with E-state index in [2.05, 4.69) is 5.32 Å². The molecule has 0 spiro atoms. The molecule has 1 aliphatic rings. The molecule has 0 radical (unpaired) electrons. The fourth-order valence-electron chi connectivity index (χ4n) is 5.11. The molecule has 4 rings (SSSR count). The molecule has 0 heterocycles. The van der Waals surface area contributed by atoms with Crippen LogP contribution in [-0.2, 0) is 26.2 Å². The van der Waals surface area contributed by atoms with Crippen LogP contribution in [0.4, 0.5) is 5.69 Å². The zero-order valence-corrected chi connectivity index (χ0v) is 25.6. The van der Waals surface area contributed by atoms with Gasteiger partial charge in [-0.2, -0.15) is 0 Å². The third kappa shape index (κ3) is 7.49. The molecule has 41 heavy (non-hydrogen) atoms. The van der Waals surface area contributed by atoms with Gasteiger partial charge in [-0.1, -0.05) is 72.0 Å². The van der Waals surface area contributed by atoms with Gasteiger partial charge in [0.15, 0.2) is 0 Å². The van der Waals surface area contributed by atoms with E-state index >= 15 is 0 Å². The van der Waals surface area contributed by atoms with E-state index in [1.54, 1.807) is 44.2 Å². The first-order valence-electron chi connectivity index (χ1n) is 14.0. The van der Waals surface area contributed by atoms with Crippen LogP contribution in [0.25, 0.3) is 0 Å². The van der Waals surface area contributed by atoms with Gasteiger partial charge >= 0.3 is 0 Å². The number of rotatable bonds is 10. The Bertz CT molecular complexity index is 1480. The van der Waals surface area contributed by atoms with Crippen molar-refractivity contribution in [3.05, 3.63) is 94.0 Å². The van der Waals surface area contributed by atoms with Crippen molar-refractivity contribution in [2.75, 3.05) is 10.8 Å². The summed E-state index contributed by atoms with van der Waals surface area (Å²) in [6.07, 6.45) is 3.97. The smallest absolute Gasteiger partial charge is 0.264 e. The van der Waals surface area contributed by atoms with Crippen LogP contribution in [0.5, 0.6) is 0 Å². The maximum absolute atomic E-state index is 14.1. The third-order valence-corrected chi connectivity index (χ3v) is 9.67. The predicted molar refractivity (Wildman–Crippen MR) is 163 cm³/mol. The molecule has 3 aromatic rings. The van der Waals surface area contributed by atoms with Crippen LogP contribution < -0.4 is 9.62 Å². The maximum atomic E-state index is 14.1. The number of halogens is 1. The number of hydrogen-bond donors (Lipinski definition) is 1. The summed E-state index contributed by atoms with van der Waals surface area (Å²) in [7, 11) is -4.14. The summed E-state index contributed by atoms with van der Waals surface area (Å²) in [5.41, 5.74) is 3.80. The molecule has 1 N–H and O–H groups in total. The molecule has 0 bridgehead atoms. The highest BCUT2D eigenvalue weighted by Gasteiger charge is 2.34. The van der Waals surface area contributed by atoms with Gasteiger partial charge in [-0.25, -0.2) is 8.42 Å². The number of anilines is 1. The molecule has 2 amide bonds. The lowest BCUT2D eigenvalue weighted by Gasteiger charge is -2.33. The second-order valence-corrected chi connectivity index (χ2v) is 13.2. The topological polar surface area (TPSA) is 86.8 Å². The van der Waals surface area contributed by atoms with Crippen LogP contribution >= 0.6 is 11.6 Å². The molecule has 1 saturated carbocycles. The van der Waals surface area contributed by atoms with E-state index in [-0.39, 0.29) is 23.4 Å². The van der Waals surface area contributed by atoms with Crippen molar-refractivity contribution < 1.29 is 18.0 Å². The van der Waals surface area contributed by atoms with E-state index in [0.29, 0.717) is 16.3 Å². The van der Waals surface area contributed by atoms with Crippen molar-refractivity contribution in [2.24, 2.45) is 0 Å². The normalized spacial score (nSPS) is 14.5. The van der Waals surface area contributed by atoms with Crippen LogP contribution in [0.1, 0.15) is 54.9 Å². The maximum Gasteiger partial charge on any atom is 0.264 e. The summed E-state index contributed by atoms with van der Waals surface area (Å²) in [5.74, 6) is -0.724. The van der Waals surface area contributed by atoms with Crippen LogP contribution in [0.15, 0.2) is 71.6 Å². The van der Waals surface area contributed by atoms with Crippen molar-refractivity contribution in [2.45, 2.75) is 76.9 Å². The summed E-state index contributed by atoms with van der Waals surface area (Å²) < 4.78 is 29.1. The minimum Gasteiger partial charge on any atom is -0.352 e. The van der Waals surface area contributed by atoms with Gasteiger partial charge in [-0.05, 0) is 82.0 Å². The Labute approximate surface area is 248 Å². The molecule has 3 aromatic carbocycles. The van der Waals surface area contributed by atoms with E-state index in [1.807, 2.05) is 38.1 Å². The zero-order valence-electron chi connectivity index (χ0n) is 24.1. The number of hydrogen-bond acceptors (Lipinski definition) is 4. The van der Waals surface area contributed by atoms with Crippen molar-refractivity contribution >= 4 is 39.1 Å². The molecule has 7 nitrogen and oxygen atoms in total. The lowest BCUT2D eigenvalue weighted by molar-refractivity contribution is -0.139. The zero-order chi connectivity index (χ0) is 29.7. The Kier molecular flexibility index (Phi) is 9.76. The summed E-state index contributed by atoms with van der Waals surface area (Å²) in [6.45, 7) is 6.99. The first kappa shape index (κ1) is 30.6. The highest BCUT2D eigenvalue weighted by atomic mass is 35.5. The number of nitrogens with one attached hydrogen (secondary N) is 1. The molecular weight excluding hydrogens is 558 g/mol. The van der Waals surface area contributed by atoms with Crippen molar-refractivity contribution in [1.82, 2.24) is 10.2 Å². The molecule has 1 atom stereocenters. The fraction of sp³-hybridized carbons (Fsp3) is 0.375. The Hall–Kier alpha value is -3.36. The van der Waals surface area contributed by atoms with Gasteiger partial charge in [0.05, 0.1) is 10.6 Å².